The van der Waals surface area contributed by atoms with E-state index >= 15 is 0 Å². The molecule has 24 heavy (non-hydrogen) atoms. The van der Waals surface area contributed by atoms with Crippen LogP contribution in [0.3, 0.4) is 0 Å². The van der Waals surface area contributed by atoms with Gasteiger partial charge in [-0.05, 0) is 40.8 Å². The Kier molecular flexibility index (Phi) is 5.01. The summed E-state index contributed by atoms with van der Waals surface area (Å²) in [5.74, 6) is -0.391. The lowest BCUT2D eigenvalue weighted by atomic mass is 10.00. The molecule has 1 N–H and O–H groups in total. The summed E-state index contributed by atoms with van der Waals surface area (Å²) >= 11 is 7.37. The second-order valence-corrected chi connectivity index (χ2v) is 8.36. The van der Waals surface area contributed by atoms with Crippen LogP contribution in [0.1, 0.15) is 17.2 Å². The first-order valence-corrected chi connectivity index (χ1v) is 9.77. The highest BCUT2D eigenvalue weighted by atomic mass is 35.5. The summed E-state index contributed by atoms with van der Waals surface area (Å²) in [4.78, 5) is 0. The summed E-state index contributed by atoms with van der Waals surface area (Å²) < 4.78 is 41.3. The maximum Gasteiger partial charge on any atom is 0.250 e. The van der Waals surface area contributed by atoms with Gasteiger partial charge in [-0.2, -0.15) is 4.72 Å². The quantitative estimate of drug-likeness (QED) is 0.701. The van der Waals surface area contributed by atoms with Crippen molar-refractivity contribution in [2.45, 2.75) is 10.3 Å². The second-order valence-electron chi connectivity index (χ2n) is 5.06. The highest BCUT2D eigenvalue weighted by Gasteiger charge is 2.25. The van der Waals surface area contributed by atoms with Crippen LogP contribution in [0, 0.1) is 5.82 Å². The van der Waals surface area contributed by atoms with Crippen molar-refractivity contribution in [2.75, 3.05) is 0 Å². The lowest BCUT2D eigenvalue weighted by Crippen LogP contribution is -2.29. The van der Waals surface area contributed by atoms with E-state index in [2.05, 4.69) is 4.72 Å². The molecule has 0 amide bonds. The van der Waals surface area contributed by atoms with Crippen molar-refractivity contribution in [2.24, 2.45) is 0 Å². The number of hydrogen-bond donors (Lipinski definition) is 1. The summed E-state index contributed by atoms with van der Waals surface area (Å²) in [6.45, 7) is 0. The zero-order chi connectivity index (χ0) is 17.2. The van der Waals surface area contributed by atoms with Crippen molar-refractivity contribution in [1.29, 1.82) is 0 Å². The average Bonchev–Trinajstić information content (AvgIpc) is 3.10. The minimum atomic E-state index is -3.72. The molecule has 3 rings (SSSR count). The van der Waals surface area contributed by atoms with Crippen LogP contribution < -0.4 is 4.72 Å². The molecule has 0 aliphatic carbocycles. The molecule has 0 bridgehead atoms. The third-order valence-electron chi connectivity index (χ3n) is 3.45. The van der Waals surface area contributed by atoms with Gasteiger partial charge < -0.3 is 0 Å². The summed E-state index contributed by atoms with van der Waals surface area (Å²) in [6, 6.07) is 15.1. The fourth-order valence-electron chi connectivity index (χ4n) is 2.31. The van der Waals surface area contributed by atoms with Gasteiger partial charge in [0, 0.05) is 5.02 Å². The molecule has 2 aromatic carbocycles. The predicted octanol–water partition coefficient (Wildman–Crippen LogP) is 4.61. The summed E-state index contributed by atoms with van der Waals surface area (Å²) in [5.41, 5.74) is 1.20. The Morgan fingerprint density at radius 1 is 1.00 bits per heavy atom. The standard InChI is InChI=1S/C17H13ClFNO2S2/c18-15-5-2-1-4-14(15)17(12-7-9-13(19)10-8-12)20-24(21,22)16-6-3-11-23-16/h1-11,17,20H/t17-/m1/s1. The Bertz CT molecular complexity index is 925. The van der Waals surface area contributed by atoms with Gasteiger partial charge in [-0.15, -0.1) is 11.3 Å². The Morgan fingerprint density at radius 2 is 1.71 bits per heavy atom. The molecule has 124 valence electrons. The average molecular weight is 382 g/mol. The van der Waals surface area contributed by atoms with Crippen LogP contribution in [0.5, 0.6) is 0 Å². The van der Waals surface area contributed by atoms with Crippen LogP contribution in [0.4, 0.5) is 4.39 Å². The van der Waals surface area contributed by atoms with Gasteiger partial charge >= 0.3 is 0 Å². The SMILES string of the molecule is O=S(=O)(N[C@H](c1ccc(F)cc1)c1ccccc1Cl)c1cccs1. The number of nitrogens with one attached hydrogen (secondary N) is 1. The Morgan fingerprint density at radius 3 is 2.33 bits per heavy atom. The van der Waals surface area contributed by atoms with E-state index in [0.717, 1.165) is 11.3 Å². The molecule has 1 heterocycles. The molecule has 1 aromatic heterocycles. The zero-order valence-electron chi connectivity index (χ0n) is 12.3. The minimum Gasteiger partial charge on any atom is -0.207 e. The van der Waals surface area contributed by atoms with E-state index < -0.39 is 21.9 Å². The maximum atomic E-state index is 13.2. The highest BCUT2D eigenvalue weighted by molar-refractivity contribution is 7.91. The van der Waals surface area contributed by atoms with Gasteiger partial charge in [-0.1, -0.05) is 48.0 Å². The van der Waals surface area contributed by atoms with E-state index in [1.54, 1.807) is 47.8 Å². The van der Waals surface area contributed by atoms with Crippen LogP contribution >= 0.6 is 22.9 Å². The number of halogens is 2. The highest BCUT2D eigenvalue weighted by Crippen LogP contribution is 2.30. The van der Waals surface area contributed by atoms with E-state index in [1.165, 1.54) is 18.2 Å². The maximum absolute atomic E-state index is 13.2. The molecule has 0 saturated carbocycles. The summed E-state index contributed by atoms with van der Waals surface area (Å²) in [5, 5.41) is 2.12. The summed E-state index contributed by atoms with van der Waals surface area (Å²) in [6.07, 6.45) is 0. The molecule has 1 atom stereocenters. The van der Waals surface area contributed by atoms with Gasteiger partial charge in [-0.25, -0.2) is 12.8 Å². The van der Waals surface area contributed by atoms with E-state index in [4.69, 9.17) is 11.6 Å². The lowest BCUT2D eigenvalue weighted by molar-refractivity contribution is 0.574. The summed E-state index contributed by atoms with van der Waals surface area (Å²) in [7, 11) is -3.72. The van der Waals surface area contributed by atoms with Crippen molar-refractivity contribution in [3.8, 4) is 0 Å². The van der Waals surface area contributed by atoms with Crippen molar-refractivity contribution < 1.29 is 12.8 Å². The number of sulfonamides is 1. The van der Waals surface area contributed by atoms with E-state index in [0.29, 0.717) is 16.1 Å². The molecule has 0 aliphatic rings. The second kappa shape index (κ2) is 7.03. The minimum absolute atomic E-state index is 0.210. The van der Waals surface area contributed by atoms with Crippen LogP contribution in [-0.2, 0) is 10.0 Å². The smallest absolute Gasteiger partial charge is 0.207 e. The number of hydrogen-bond acceptors (Lipinski definition) is 3. The molecule has 0 unspecified atom stereocenters. The van der Waals surface area contributed by atoms with Crippen LogP contribution in [0.15, 0.2) is 70.3 Å². The topological polar surface area (TPSA) is 46.2 Å². The molecule has 0 spiro atoms. The van der Waals surface area contributed by atoms with E-state index in [9.17, 15) is 12.8 Å². The largest absolute Gasteiger partial charge is 0.250 e. The Labute approximate surface area is 148 Å². The monoisotopic (exact) mass is 381 g/mol. The van der Waals surface area contributed by atoms with Gasteiger partial charge in [-0.3, -0.25) is 0 Å². The fraction of sp³-hybridized carbons (Fsp3) is 0.0588. The van der Waals surface area contributed by atoms with Crippen molar-refractivity contribution >= 4 is 33.0 Å². The molecule has 0 fully saturated rings. The molecule has 3 aromatic rings. The van der Waals surface area contributed by atoms with Crippen LogP contribution in [-0.4, -0.2) is 8.42 Å². The Balaban J connectivity index is 2.06. The van der Waals surface area contributed by atoms with Crippen LogP contribution in [0.2, 0.25) is 5.02 Å². The van der Waals surface area contributed by atoms with Crippen molar-refractivity contribution in [1.82, 2.24) is 4.72 Å². The van der Waals surface area contributed by atoms with Gasteiger partial charge in [0.25, 0.3) is 10.0 Å². The molecule has 7 heteroatoms. The zero-order valence-corrected chi connectivity index (χ0v) is 14.7. The first-order valence-electron chi connectivity index (χ1n) is 7.03. The van der Waals surface area contributed by atoms with Gasteiger partial charge in [0.1, 0.15) is 10.0 Å². The fourth-order valence-corrected chi connectivity index (χ4v) is 4.76. The van der Waals surface area contributed by atoms with Gasteiger partial charge in [0.2, 0.25) is 0 Å². The molecular formula is C17H13ClFNO2S2. The molecule has 3 nitrogen and oxygen atoms in total. The molecule has 0 aliphatic heterocycles. The van der Waals surface area contributed by atoms with Gasteiger partial charge in [0.05, 0.1) is 6.04 Å². The Hall–Kier alpha value is -1.73. The first kappa shape index (κ1) is 17.1. The number of benzene rings is 2. The van der Waals surface area contributed by atoms with Crippen molar-refractivity contribution in [3.63, 3.8) is 0 Å². The van der Waals surface area contributed by atoms with Gasteiger partial charge in [0.15, 0.2) is 0 Å². The molecule has 0 saturated heterocycles. The van der Waals surface area contributed by atoms with E-state index in [1.807, 2.05) is 0 Å². The predicted molar refractivity (Wildman–Crippen MR) is 94.3 cm³/mol. The normalized spacial score (nSPS) is 12.9. The third-order valence-corrected chi connectivity index (χ3v) is 6.62. The molecular weight excluding hydrogens is 369 g/mol. The molecule has 0 radical (unpaired) electrons. The third kappa shape index (κ3) is 3.67. The van der Waals surface area contributed by atoms with E-state index in [-0.39, 0.29) is 4.21 Å². The number of thiophene rings is 1. The number of rotatable bonds is 5. The lowest BCUT2D eigenvalue weighted by Gasteiger charge is -2.20. The van der Waals surface area contributed by atoms with Crippen LogP contribution in [0.25, 0.3) is 0 Å². The first-order chi connectivity index (χ1) is 11.5. The van der Waals surface area contributed by atoms with Crippen molar-refractivity contribution in [3.05, 3.63) is 88.0 Å².